The quantitative estimate of drug-likeness (QED) is 0.894. The molecule has 0 amide bonds. The Morgan fingerprint density at radius 3 is 2.47 bits per heavy atom. The zero-order valence-electron chi connectivity index (χ0n) is 10.4. The van der Waals surface area contributed by atoms with E-state index in [0.717, 1.165) is 11.3 Å². The molecule has 3 heteroatoms. The van der Waals surface area contributed by atoms with Crippen molar-refractivity contribution in [3.8, 4) is 5.75 Å². The van der Waals surface area contributed by atoms with Crippen LogP contribution in [0.2, 0.25) is 0 Å². The van der Waals surface area contributed by atoms with Gasteiger partial charge in [0.2, 0.25) is 0 Å². The summed E-state index contributed by atoms with van der Waals surface area (Å²) in [5.41, 5.74) is 7.53. The average molecular weight is 256 g/mol. The Morgan fingerprint density at radius 1 is 1.18 bits per heavy atom. The Labute approximate surface area is 110 Å². The summed E-state index contributed by atoms with van der Waals surface area (Å²) in [6.07, 6.45) is 6.55. The highest BCUT2D eigenvalue weighted by molar-refractivity contribution is 5.85. The van der Waals surface area contributed by atoms with Gasteiger partial charge in [-0.2, -0.15) is 0 Å². The third kappa shape index (κ3) is 3.36. The van der Waals surface area contributed by atoms with Crippen LogP contribution in [0.5, 0.6) is 5.75 Å². The van der Waals surface area contributed by atoms with Gasteiger partial charge < -0.3 is 10.5 Å². The second kappa shape index (κ2) is 6.87. The van der Waals surface area contributed by atoms with E-state index >= 15 is 0 Å². The molecule has 2 rings (SSSR count). The summed E-state index contributed by atoms with van der Waals surface area (Å²) in [6, 6.07) is 8.27. The van der Waals surface area contributed by atoms with Gasteiger partial charge in [-0.3, -0.25) is 0 Å². The molecule has 17 heavy (non-hydrogen) atoms. The van der Waals surface area contributed by atoms with E-state index in [4.69, 9.17) is 10.5 Å². The molecular formula is C14H22ClNO. The Balaban J connectivity index is 0.00000144. The Kier molecular flexibility index (Phi) is 5.79. The highest BCUT2D eigenvalue weighted by Gasteiger charge is 2.23. The van der Waals surface area contributed by atoms with Gasteiger partial charge in [0.15, 0.2) is 0 Å². The maximum atomic E-state index is 6.37. The second-order valence-corrected chi connectivity index (χ2v) is 4.67. The van der Waals surface area contributed by atoms with Crippen LogP contribution in [0.3, 0.4) is 0 Å². The topological polar surface area (TPSA) is 35.2 Å². The van der Waals surface area contributed by atoms with Crippen LogP contribution in [-0.2, 0) is 0 Å². The van der Waals surface area contributed by atoms with Crippen molar-refractivity contribution in [2.24, 2.45) is 11.7 Å². The van der Waals surface area contributed by atoms with Gasteiger partial charge in [-0.05, 0) is 24.8 Å². The summed E-state index contributed by atoms with van der Waals surface area (Å²) < 4.78 is 5.38. The van der Waals surface area contributed by atoms with E-state index in [2.05, 4.69) is 6.07 Å². The first-order valence-corrected chi connectivity index (χ1v) is 6.21. The molecule has 96 valence electrons. The van der Waals surface area contributed by atoms with E-state index in [9.17, 15) is 0 Å². The van der Waals surface area contributed by atoms with Gasteiger partial charge in [0, 0.05) is 11.6 Å². The molecule has 0 unspecified atom stereocenters. The van der Waals surface area contributed by atoms with Gasteiger partial charge in [0.1, 0.15) is 5.75 Å². The Hall–Kier alpha value is -0.730. The van der Waals surface area contributed by atoms with Crippen molar-refractivity contribution in [3.63, 3.8) is 0 Å². The predicted molar refractivity (Wildman–Crippen MR) is 73.7 cm³/mol. The number of para-hydroxylation sites is 1. The molecule has 2 nitrogen and oxygen atoms in total. The van der Waals surface area contributed by atoms with E-state index in [1.54, 1.807) is 7.11 Å². The van der Waals surface area contributed by atoms with Gasteiger partial charge in [0.05, 0.1) is 7.11 Å². The van der Waals surface area contributed by atoms with Crippen molar-refractivity contribution in [2.45, 2.75) is 38.1 Å². The highest BCUT2D eigenvalue weighted by atomic mass is 35.5. The lowest BCUT2D eigenvalue weighted by Crippen LogP contribution is -2.23. The summed E-state index contributed by atoms with van der Waals surface area (Å²) >= 11 is 0. The summed E-state index contributed by atoms with van der Waals surface area (Å²) in [4.78, 5) is 0. The fraction of sp³-hybridized carbons (Fsp3) is 0.571. The zero-order valence-corrected chi connectivity index (χ0v) is 11.2. The van der Waals surface area contributed by atoms with Crippen LogP contribution in [-0.4, -0.2) is 7.11 Å². The number of hydrogen-bond acceptors (Lipinski definition) is 2. The molecule has 1 aliphatic rings. The summed E-state index contributed by atoms with van der Waals surface area (Å²) in [7, 11) is 1.71. The van der Waals surface area contributed by atoms with Crippen LogP contribution >= 0.6 is 12.4 Å². The van der Waals surface area contributed by atoms with E-state index in [1.165, 1.54) is 32.1 Å². The third-order valence-electron chi connectivity index (χ3n) is 3.66. The molecule has 0 aliphatic heterocycles. The molecule has 1 aromatic carbocycles. The van der Waals surface area contributed by atoms with Crippen LogP contribution in [0.15, 0.2) is 24.3 Å². The number of nitrogens with two attached hydrogens (primary N) is 1. The normalized spacial score (nSPS) is 18.2. The van der Waals surface area contributed by atoms with Gasteiger partial charge in [-0.1, -0.05) is 37.5 Å². The monoisotopic (exact) mass is 255 g/mol. The minimum absolute atomic E-state index is 0. The number of methoxy groups -OCH3 is 1. The van der Waals surface area contributed by atoms with E-state index < -0.39 is 0 Å². The molecule has 0 radical (unpaired) electrons. The molecule has 0 aromatic heterocycles. The zero-order chi connectivity index (χ0) is 11.4. The maximum absolute atomic E-state index is 6.37. The lowest BCUT2D eigenvalue weighted by atomic mass is 9.81. The van der Waals surface area contributed by atoms with Crippen molar-refractivity contribution >= 4 is 12.4 Å². The van der Waals surface area contributed by atoms with Gasteiger partial charge >= 0.3 is 0 Å². The first-order valence-electron chi connectivity index (χ1n) is 6.21. The first-order chi connectivity index (χ1) is 7.83. The molecular weight excluding hydrogens is 234 g/mol. The van der Waals surface area contributed by atoms with Crippen molar-refractivity contribution in [3.05, 3.63) is 29.8 Å². The number of halogens is 1. The first kappa shape index (κ1) is 14.3. The fourth-order valence-electron chi connectivity index (χ4n) is 2.69. The molecule has 1 saturated carbocycles. The highest BCUT2D eigenvalue weighted by Crippen LogP contribution is 2.36. The number of benzene rings is 1. The molecule has 0 saturated heterocycles. The van der Waals surface area contributed by atoms with Gasteiger partial charge in [0.25, 0.3) is 0 Å². The predicted octanol–water partition coefficient (Wildman–Crippen LogP) is 3.70. The van der Waals surface area contributed by atoms with Gasteiger partial charge in [-0.15, -0.1) is 12.4 Å². The van der Waals surface area contributed by atoms with Crippen LogP contribution in [0, 0.1) is 5.92 Å². The summed E-state index contributed by atoms with van der Waals surface area (Å²) in [5, 5.41) is 0. The van der Waals surface area contributed by atoms with Crippen molar-refractivity contribution in [1.29, 1.82) is 0 Å². The van der Waals surface area contributed by atoms with Crippen molar-refractivity contribution in [1.82, 2.24) is 0 Å². The second-order valence-electron chi connectivity index (χ2n) is 4.67. The third-order valence-corrected chi connectivity index (χ3v) is 3.66. The van der Waals surface area contributed by atoms with Crippen LogP contribution in [0.25, 0.3) is 0 Å². The summed E-state index contributed by atoms with van der Waals surface area (Å²) in [5.74, 6) is 1.56. The van der Waals surface area contributed by atoms with Crippen LogP contribution in [0.4, 0.5) is 0 Å². The molecule has 0 heterocycles. The fourth-order valence-corrected chi connectivity index (χ4v) is 2.69. The lowest BCUT2D eigenvalue weighted by Gasteiger charge is -2.28. The molecule has 1 atom stereocenters. The number of hydrogen-bond donors (Lipinski definition) is 1. The minimum atomic E-state index is 0. The van der Waals surface area contributed by atoms with Crippen LogP contribution < -0.4 is 10.5 Å². The molecule has 1 aliphatic carbocycles. The maximum Gasteiger partial charge on any atom is 0.123 e. The van der Waals surface area contributed by atoms with E-state index in [-0.39, 0.29) is 18.4 Å². The van der Waals surface area contributed by atoms with E-state index in [0.29, 0.717) is 5.92 Å². The van der Waals surface area contributed by atoms with Crippen molar-refractivity contribution in [2.75, 3.05) is 7.11 Å². The number of rotatable bonds is 3. The molecule has 1 aromatic rings. The number of ether oxygens (including phenoxy) is 1. The van der Waals surface area contributed by atoms with E-state index in [1.807, 2.05) is 18.2 Å². The lowest BCUT2D eigenvalue weighted by molar-refractivity contribution is 0.301. The molecule has 0 bridgehead atoms. The smallest absolute Gasteiger partial charge is 0.123 e. The average Bonchev–Trinajstić information content (AvgIpc) is 2.39. The SMILES string of the molecule is COc1ccccc1[C@H](N)C1CCCCC1.Cl. The molecule has 0 spiro atoms. The molecule has 1 fully saturated rings. The Bertz CT molecular complexity index is 337. The molecule has 2 N–H and O–H groups in total. The largest absolute Gasteiger partial charge is 0.496 e. The standard InChI is InChI=1S/C14H21NO.ClH/c1-16-13-10-6-5-9-12(13)14(15)11-7-3-2-4-8-11;/h5-6,9-11,14H,2-4,7-8,15H2,1H3;1H/t14-;/m1./s1. The minimum Gasteiger partial charge on any atom is -0.496 e. The Morgan fingerprint density at radius 2 is 1.82 bits per heavy atom. The van der Waals surface area contributed by atoms with Crippen molar-refractivity contribution < 1.29 is 4.74 Å². The van der Waals surface area contributed by atoms with Crippen LogP contribution in [0.1, 0.15) is 43.7 Å². The van der Waals surface area contributed by atoms with Gasteiger partial charge in [-0.25, -0.2) is 0 Å². The summed E-state index contributed by atoms with van der Waals surface area (Å²) in [6.45, 7) is 0.